The number of hydrogen-bond acceptors (Lipinski definition) is 3. The molecule has 2 aromatic carbocycles. The van der Waals surface area contributed by atoms with E-state index >= 15 is 0 Å². The SMILES string of the molecule is O=C(c1ccco1)N1N=C2C(=Cc3ccc(Br)cc3)CCCC2C1c1ccc(Br)cc1. The van der Waals surface area contributed by atoms with Gasteiger partial charge in [-0.25, -0.2) is 5.01 Å². The minimum Gasteiger partial charge on any atom is -0.459 e. The Bertz CT molecular complexity index is 1150. The Balaban J connectivity index is 1.57. The highest BCUT2D eigenvalue weighted by molar-refractivity contribution is 9.10. The maximum absolute atomic E-state index is 13.3. The second-order valence-electron chi connectivity index (χ2n) is 7.83. The number of allylic oxidation sites excluding steroid dienone is 1. The summed E-state index contributed by atoms with van der Waals surface area (Å²) in [5.74, 6) is 0.266. The molecule has 0 radical (unpaired) electrons. The van der Waals surface area contributed by atoms with E-state index in [-0.39, 0.29) is 17.9 Å². The molecule has 0 N–H and O–H groups in total. The maximum atomic E-state index is 13.3. The average molecular weight is 540 g/mol. The Labute approximate surface area is 197 Å². The van der Waals surface area contributed by atoms with Crippen molar-refractivity contribution in [3.8, 4) is 0 Å². The molecule has 3 aromatic rings. The lowest BCUT2D eigenvalue weighted by molar-refractivity contribution is 0.0648. The van der Waals surface area contributed by atoms with Gasteiger partial charge < -0.3 is 4.42 Å². The van der Waals surface area contributed by atoms with Gasteiger partial charge in [-0.3, -0.25) is 4.79 Å². The van der Waals surface area contributed by atoms with Crippen molar-refractivity contribution in [1.82, 2.24) is 5.01 Å². The molecule has 1 saturated carbocycles. The van der Waals surface area contributed by atoms with Gasteiger partial charge in [0.25, 0.3) is 0 Å². The van der Waals surface area contributed by atoms with Crippen molar-refractivity contribution >= 4 is 49.6 Å². The molecule has 31 heavy (non-hydrogen) atoms. The van der Waals surface area contributed by atoms with Crippen LogP contribution in [0.25, 0.3) is 6.08 Å². The summed E-state index contributed by atoms with van der Waals surface area (Å²) in [5, 5.41) is 6.52. The van der Waals surface area contributed by atoms with E-state index in [0.29, 0.717) is 5.76 Å². The zero-order valence-electron chi connectivity index (χ0n) is 16.7. The lowest BCUT2D eigenvalue weighted by Crippen LogP contribution is -2.31. The van der Waals surface area contributed by atoms with Crippen LogP contribution in [0.2, 0.25) is 0 Å². The molecule has 1 aliphatic heterocycles. The first kappa shape index (κ1) is 20.5. The minimum atomic E-state index is -0.206. The molecule has 6 heteroatoms. The van der Waals surface area contributed by atoms with E-state index in [1.54, 1.807) is 17.1 Å². The molecule has 2 aliphatic rings. The van der Waals surface area contributed by atoms with Crippen molar-refractivity contribution in [2.75, 3.05) is 0 Å². The van der Waals surface area contributed by atoms with E-state index < -0.39 is 0 Å². The number of amides is 1. The van der Waals surface area contributed by atoms with Crippen molar-refractivity contribution in [3.05, 3.63) is 98.3 Å². The van der Waals surface area contributed by atoms with Crippen LogP contribution in [-0.2, 0) is 0 Å². The molecule has 4 nitrogen and oxygen atoms in total. The molecule has 1 aliphatic carbocycles. The number of carbonyl (C=O) groups is 1. The zero-order chi connectivity index (χ0) is 21.4. The number of furan rings is 1. The summed E-state index contributed by atoms with van der Waals surface area (Å²) in [6.45, 7) is 0. The van der Waals surface area contributed by atoms with Crippen LogP contribution in [0.15, 0.2) is 91.0 Å². The average Bonchev–Trinajstić information content (AvgIpc) is 3.44. The minimum absolute atomic E-state index is 0.144. The van der Waals surface area contributed by atoms with E-state index in [4.69, 9.17) is 9.52 Å². The fraction of sp³-hybridized carbons (Fsp3) is 0.200. The predicted octanol–water partition coefficient (Wildman–Crippen LogP) is 7.24. The highest BCUT2D eigenvalue weighted by Gasteiger charge is 2.44. The fourth-order valence-corrected chi connectivity index (χ4v) is 4.96. The molecule has 2 unspecified atom stereocenters. The molecule has 5 rings (SSSR count). The number of benzene rings is 2. The van der Waals surface area contributed by atoms with E-state index in [0.717, 1.165) is 45.0 Å². The third kappa shape index (κ3) is 4.06. The van der Waals surface area contributed by atoms with Crippen LogP contribution in [0.3, 0.4) is 0 Å². The number of carbonyl (C=O) groups excluding carboxylic acids is 1. The summed E-state index contributed by atoms with van der Waals surface area (Å²) >= 11 is 7.01. The van der Waals surface area contributed by atoms with Crippen LogP contribution < -0.4 is 0 Å². The summed E-state index contributed by atoms with van der Waals surface area (Å²) in [7, 11) is 0. The van der Waals surface area contributed by atoms with Crippen molar-refractivity contribution in [1.29, 1.82) is 0 Å². The molecule has 2 heterocycles. The van der Waals surface area contributed by atoms with Crippen molar-refractivity contribution in [2.24, 2.45) is 11.0 Å². The van der Waals surface area contributed by atoms with Crippen LogP contribution in [-0.4, -0.2) is 16.6 Å². The standard InChI is InChI=1S/C25H20Br2N2O2/c26-19-10-6-16(7-11-19)15-18-3-1-4-21-23(18)28-29(25(30)22-5-2-14-31-22)24(21)17-8-12-20(27)13-9-17/h2,5-15,21,24H,1,3-4H2. The highest BCUT2D eigenvalue weighted by Crippen LogP contribution is 2.45. The smallest absolute Gasteiger partial charge is 0.310 e. The largest absolute Gasteiger partial charge is 0.459 e. The van der Waals surface area contributed by atoms with E-state index in [1.165, 1.54) is 11.8 Å². The van der Waals surface area contributed by atoms with Gasteiger partial charge in [-0.05, 0) is 78.4 Å². The third-order valence-electron chi connectivity index (χ3n) is 5.86. The molecule has 1 fully saturated rings. The zero-order valence-corrected chi connectivity index (χ0v) is 19.8. The number of hydrogen-bond donors (Lipinski definition) is 0. The van der Waals surface area contributed by atoms with Crippen LogP contribution in [0.1, 0.15) is 47.0 Å². The quantitative estimate of drug-likeness (QED) is 0.352. The van der Waals surface area contributed by atoms with Gasteiger partial charge in [0.1, 0.15) is 0 Å². The molecule has 0 bridgehead atoms. The van der Waals surface area contributed by atoms with Gasteiger partial charge in [-0.2, -0.15) is 5.10 Å². The number of fused-ring (bicyclic) bond motifs is 1. The molecule has 1 amide bonds. The van der Waals surface area contributed by atoms with Crippen LogP contribution in [0.5, 0.6) is 0 Å². The second kappa shape index (κ2) is 8.60. The Morgan fingerprint density at radius 2 is 1.74 bits per heavy atom. The van der Waals surface area contributed by atoms with Gasteiger partial charge >= 0.3 is 5.91 Å². The number of rotatable bonds is 3. The molecular formula is C25H20Br2N2O2. The van der Waals surface area contributed by atoms with Gasteiger partial charge in [-0.1, -0.05) is 56.1 Å². The molecule has 1 aromatic heterocycles. The van der Waals surface area contributed by atoms with Gasteiger partial charge in [0.05, 0.1) is 18.0 Å². The highest BCUT2D eigenvalue weighted by atomic mass is 79.9. The summed E-state index contributed by atoms with van der Waals surface area (Å²) in [5.41, 5.74) is 4.44. The van der Waals surface area contributed by atoms with Crippen molar-refractivity contribution in [2.45, 2.75) is 25.3 Å². The van der Waals surface area contributed by atoms with E-state index in [2.05, 4.69) is 62.2 Å². The molecule has 0 saturated heterocycles. The first-order valence-electron chi connectivity index (χ1n) is 10.3. The summed E-state index contributed by atoms with van der Waals surface area (Å²) in [6.07, 6.45) is 6.76. The van der Waals surface area contributed by atoms with Crippen molar-refractivity contribution in [3.63, 3.8) is 0 Å². The maximum Gasteiger partial charge on any atom is 0.310 e. The third-order valence-corrected chi connectivity index (χ3v) is 6.92. The molecule has 156 valence electrons. The summed E-state index contributed by atoms with van der Waals surface area (Å²) < 4.78 is 7.48. The first-order valence-corrected chi connectivity index (χ1v) is 11.9. The van der Waals surface area contributed by atoms with Crippen molar-refractivity contribution < 1.29 is 9.21 Å². The van der Waals surface area contributed by atoms with Gasteiger partial charge in [0.15, 0.2) is 5.76 Å². The first-order chi connectivity index (χ1) is 15.1. The monoisotopic (exact) mass is 538 g/mol. The Morgan fingerprint density at radius 1 is 1.03 bits per heavy atom. The summed E-state index contributed by atoms with van der Waals surface area (Å²) in [4.78, 5) is 13.3. The van der Waals surface area contributed by atoms with Crippen LogP contribution >= 0.6 is 31.9 Å². The topological polar surface area (TPSA) is 45.8 Å². The van der Waals surface area contributed by atoms with Gasteiger partial charge in [0.2, 0.25) is 0 Å². The second-order valence-corrected chi connectivity index (χ2v) is 9.66. The van der Waals surface area contributed by atoms with Gasteiger partial charge in [-0.15, -0.1) is 0 Å². The molecule has 0 spiro atoms. The summed E-state index contributed by atoms with van der Waals surface area (Å²) in [6, 6.07) is 19.7. The lowest BCUT2D eigenvalue weighted by atomic mass is 9.77. The number of nitrogens with zero attached hydrogens (tertiary/aromatic N) is 2. The Morgan fingerprint density at radius 3 is 2.42 bits per heavy atom. The lowest BCUT2D eigenvalue weighted by Gasteiger charge is -2.29. The Kier molecular flexibility index (Phi) is 5.67. The molecular weight excluding hydrogens is 520 g/mol. The predicted molar refractivity (Wildman–Crippen MR) is 129 cm³/mol. The normalized spacial score (nSPS) is 21.8. The van der Waals surface area contributed by atoms with Gasteiger partial charge in [0, 0.05) is 14.9 Å². The Hall–Kier alpha value is -2.44. The molecule has 2 atom stereocenters. The fourth-order valence-electron chi connectivity index (χ4n) is 4.43. The van der Waals surface area contributed by atoms with Crippen LogP contribution in [0.4, 0.5) is 0 Å². The van der Waals surface area contributed by atoms with Crippen LogP contribution in [0, 0.1) is 5.92 Å². The van der Waals surface area contributed by atoms with E-state index in [9.17, 15) is 4.79 Å². The van der Waals surface area contributed by atoms with E-state index in [1.807, 2.05) is 24.3 Å². The number of halogens is 2. The number of hydrazone groups is 1.